The van der Waals surface area contributed by atoms with Gasteiger partial charge in [-0.3, -0.25) is 0 Å². The van der Waals surface area contributed by atoms with E-state index in [2.05, 4.69) is 37.7 Å². The van der Waals surface area contributed by atoms with Crippen molar-refractivity contribution < 1.29 is 0 Å². The van der Waals surface area contributed by atoms with E-state index in [-0.39, 0.29) is 0 Å². The number of nitrogens with two attached hydrogens (primary N) is 1. The highest BCUT2D eigenvalue weighted by atomic mass is 15.2. The molecule has 17 heavy (non-hydrogen) atoms. The third-order valence-corrected chi connectivity index (χ3v) is 5.00. The van der Waals surface area contributed by atoms with Gasteiger partial charge in [-0.15, -0.1) is 0 Å². The first kappa shape index (κ1) is 13.3. The van der Waals surface area contributed by atoms with E-state index in [1.807, 2.05) is 0 Å². The van der Waals surface area contributed by atoms with E-state index in [1.54, 1.807) is 0 Å². The second kappa shape index (κ2) is 4.87. The van der Waals surface area contributed by atoms with E-state index in [0.717, 1.165) is 5.92 Å². The highest BCUT2D eigenvalue weighted by Gasteiger charge is 2.41. The van der Waals surface area contributed by atoms with Gasteiger partial charge in [0.2, 0.25) is 0 Å². The van der Waals surface area contributed by atoms with Gasteiger partial charge >= 0.3 is 0 Å². The summed E-state index contributed by atoms with van der Waals surface area (Å²) in [5.41, 5.74) is 6.73. The molecule has 1 heterocycles. The van der Waals surface area contributed by atoms with Crippen molar-refractivity contribution in [3.8, 4) is 0 Å². The van der Waals surface area contributed by atoms with Gasteiger partial charge in [-0.2, -0.15) is 0 Å². The summed E-state index contributed by atoms with van der Waals surface area (Å²) in [5, 5.41) is 0. The smallest absolute Gasteiger partial charge is 0.0249 e. The summed E-state index contributed by atoms with van der Waals surface area (Å²) in [6.45, 7) is 8.37. The molecule has 3 nitrogen and oxygen atoms in total. The lowest BCUT2D eigenvalue weighted by molar-refractivity contribution is 0.174. The van der Waals surface area contributed by atoms with Crippen molar-refractivity contribution in [3.63, 3.8) is 0 Å². The summed E-state index contributed by atoms with van der Waals surface area (Å²) in [4.78, 5) is 4.97. The van der Waals surface area contributed by atoms with Gasteiger partial charge in [0, 0.05) is 25.2 Å². The molecule has 100 valence electrons. The fourth-order valence-corrected chi connectivity index (χ4v) is 3.60. The Kier molecular flexibility index (Phi) is 3.81. The van der Waals surface area contributed by atoms with Crippen LogP contribution in [-0.2, 0) is 0 Å². The third-order valence-electron chi connectivity index (χ3n) is 5.00. The van der Waals surface area contributed by atoms with Gasteiger partial charge in [0.1, 0.15) is 0 Å². The van der Waals surface area contributed by atoms with Crippen LogP contribution in [0.1, 0.15) is 33.1 Å². The molecule has 1 saturated carbocycles. The molecule has 0 aromatic heterocycles. The Morgan fingerprint density at radius 1 is 1.35 bits per heavy atom. The topological polar surface area (TPSA) is 32.5 Å². The van der Waals surface area contributed by atoms with Crippen molar-refractivity contribution >= 4 is 0 Å². The lowest BCUT2D eigenvalue weighted by Gasteiger charge is -2.33. The molecule has 1 aliphatic heterocycles. The summed E-state index contributed by atoms with van der Waals surface area (Å²) < 4.78 is 0. The third kappa shape index (κ3) is 2.83. The molecule has 3 heteroatoms. The highest BCUT2D eigenvalue weighted by molar-refractivity contribution is 4.99. The first-order valence-electron chi connectivity index (χ1n) is 7.04. The van der Waals surface area contributed by atoms with Gasteiger partial charge in [-0.05, 0) is 51.2 Å². The molecule has 1 saturated heterocycles. The maximum Gasteiger partial charge on any atom is 0.0249 e. The molecule has 0 bridgehead atoms. The quantitative estimate of drug-likeness (QED) is 0.808. The van der Waals surface area contributed by atoms with Crippen molar-refractivity contribution in [2.45, 2.75) is 45.2 Å². The number of hydrogen-bond donors (Lipinski definition) is 1. The normalized spacial score (nSPS) is 38.1. The number of nitrogens with zero attached hydrogens (tertiary/aromatic N) is 2. The first-order valence-corrected chi connectivity index (χ1v) is 7.04. The average Bonchev–Trinajstić information content (AvgIpc) is 2.73. The molecule has 2 rings (SSSR count). The highest BCUT2D eigenvalue weighted by Crippen LogP contribution is 2.38. The van der Waals surface area contributed by atoms with Crippen LogP contribution < -0.4 is 5.73 Å². The van der Waals surface area contributed by atoms with E-state index >= 15 is 0 Å². The molecule has 0 aromatic rings. The second-order valence-electron chi connectivity index (χ2n) is 6.98. The summed E-state index contributed by atoms with van der Waals surface area (Å²) in [7, 11) is 4.49. The van der Waals surface area contributed by atoms with Gasteiger partial charge in [-0.1, -0.05) is 13.8 Å². The lowest BCUT2D eigenvalue weighted by Crippen LogP contribution is -2.49. The van der Waals surface area contributed by atoms with Crippen LogP contribution in [0.25, 0.3) is 0 Å². The SMILES string of the molecule is CN1CCC(CN(C)C2CCC(C)(C)C2N)C1. The maximum atomic E-state index is 6.41. The zero-order chi connectivity index (χ0) is 12.6. The van der Waals surface area contributed by atoms with Gasteiger partial charge in [0.25, 0.3) is 0 Å². The molecule has 2 aliphatic rings. The summed E-state index contributed by atoms with van der Waals surface area (Å²) in [6, 6.07) is 0.933. The van der Waals surface area contributed by atoms with Crippen molar-refractivity contribution in [2.75, 3.05) is 33.7 Å². The zero-order valence-corrected chi connectivity index (χ0v) is 11.9. The van der Waals surface area contributed by atoms with E-state index in [1.165, 1.54) is 38.9 Å². The van der Waals surface area contributed by atoms with Gasteiger partial charge in [0.05, 0.1) is 0 Å². The van der Waals surface area contributed by atoms with Gasteiger partial charge in [0.15, 0.2) is 0 Å². The first-order chi connectivity index (χ1) is 7.90. The fraction of sp³-hybridized carbons (Fsp3) is 1.00. The van der Waals surface area contributed by atoms with Crippen LogP contribution in [0.15, 0.2) is 0 Å². The van der Waals surface area contributed by atoms with Gasteiger partial charge < -0.3 is 15.5 Å². The zero-order valence-electron chi connectivity index (χ0n) is 11.9. The number of hydrogen-bond acceptors (Lipinski definition) is 3. The minimum absolute atomic E-state index is 0.325. The van der Waals surface area contributed by atoms with Crippen LogP contribution in [-0.4, -0.2) is 55.6 Å². The number of likely N-dealkylation sites (N-methyl/N-ethyl adjacent to an activating group) is 1. The van der Waals surface area contributed by atoms with Gasteiger partial charge in [-0.25, -0.2) is 0 Å². The van der Waals surface area contributed by atoms with Crippen molar-refractivity contribution in [1.82, 2.24) is 9.80 Å². The molecule has 1 aliphatic carbocycles. The molecule has 0 spiro atoms. The standard InChI is InChI=1S/C14H29N3/c1-14(2)7-5-12(13(14)15)17(4)10-11-6-8-16(3)9-11/h11-13H,5-10,15H2,1-4H3. The fourth-order valence-electron chi connectivity index (χ4n) is 3.60. The summed E-state index contributed by atoms with van der Waals surface area (Å²) in [5.74, 6) is 0.848. The maximum absolute atomic E-state index is 6.41. The molecule has 0 radical (unpaired) electrons. The van der Waals surface area contributed by atoms with Crippen LogP contribution >= 0.6 is 0 Å². The molecule has 3 atom stereocenters. The van der Waals surface area contributed by atoms with E-state index in [0.29, 0.717) is 17.5 Å². The number of rotatable bonds is 3. The van der Waals surface area contributed by atoms with Crippen molar-refractivity contribution in [1.29, 1.82) is 0 Å². The monoisotopic (exact) mass is 239 g/mol. The summed E-state index contributed by atoms with van der Waals surface area (Å²) in [6.07, 6.45) is 3.90. The Labute approximate surface area is 106 Å². The minimum Gasteiger partial charge on any atom is -0.326 e. The summed E-state index contributed by atoms with van der Waals surface area (Å²) >= 11 is 0. The molecule has 0 amide bonds. The predicted molar refractivity (Wildman–Crippen MR) is 73.0 cm³/mol. The molecule has 0 aromatic carbocycles. The molecular formula is C14H29N3. The van der Waals surface area contributed by atoms with Crippen LogP contribution in [0.3, 0.4) is 0 Å². The Morgan fingerprint density at radius 2 is 2.06 bits per heavy atom. The Balaban J connectivity index is 1.86. The van der Waals surface area contributed by atoms with E-state index in [4.69, 9.17) is 5.73 Å². The molecule has 2 fully saturated rings. The molecular weight excluding hydrogens is 210 g/mol. The van der Waals surface area contributed by atoms with Crippen molar-refractivity contribution in [2.24, 2.45) is 17.1 Å². The Morgan fingerprint density at radius 3 is 2.53 bits per heavy atom. The second-order valence-corrected chi connectivity index (χ2v) is 6.98. The lowest BCUT2D eigenvalue weighted by atomic mass is 9.87. The largest absolute Gasteiger partial charge is 0.326 e. The predicted octanol–water partition coefficient (Wildman–Crippen LogP) is 1.39. The van der Waals surface area contributed by atoms with Crippen LogP contribution in [0.4, 0.5) is 0 Å². The molecule has 2 N–H and O–H groups in total. The minimum atomic E-state index is 0.325. The molecule has 3 unspecified atom stereocenters. The van der Waals surface area contributed by atoms with Crippen molar-refractivity contribution in [3.05, 3.63) is 0 Å². The Hall–Kier alpha value is -0.120. The Bertz CT molecular complexity index is 264. The van der Waals surface area contributed by atoms with E-state index in [9.17, 15) is 0 Å². The van der Waals surface area contributed by atoms with Crippen LogP contribution in [0.5, 0.6) is 0 Å². The average molecular weight is 239 g/mol. The van der Waals surface area contributed by atoms with Crippen LogP contribution in [0.2, 0.25) is 0 Å². The van der Waals surface area contributed by atoms with Crippen LogP contribution in [0, 0.1) is 11.3 Å². The number of likely N-dealkylation sites (tertiary alicyclic amines) is 1. The van der Waals surface area contributed by atoms with E-state index < -0.39 is 0 Å².